The van der Waals surface area contributed by atoms with Crippen molar-refractivity contribution < 1.29 is 4.42 Å². The van der Waals surface area contributed by atoms with Crippen LogP contribution >= 0.6 is 0 Å². The molecule has 0 bridgehead atoms. The van der Waals surface area contributed by atoms with E-state index in [9.17, 15) is 0 Å². The predicted molar refractivity (Wildman–Crippen MR) is 221 cm³/mol. The number of rotatable bonds is 5. The minimum Gasteiger partial charge on any atom is -0.456 e. The van der Waals surface area contributed by atoms with E-state index < -0.39 is 0 Å². The lowest BCUT2D eigenvalue weighted by Gasteiger charge is -2.14. The maximum Gasteiger partial charge on any atom is 0.166 e. The monoisotopic (exact) mass is 690 g/mol. The van der Waals surface area contributed by atoms with Gasteiger partial charge >= 0.3 is 0 Å². The van der Waals surface area contributed by atoms with E-state index in [1.54, 1.807) is 0 Å². The molecule has 252 valence electrons. The summed E-state index contributed by atoms with van der Waals surface area (Å²) in [6, 6.07) is 63.2. The van der Waals surface area contributed by atoms with Crippen LogP contribution in [0.5, 0.6) is 0 Å². The van der Waals surface area contributed by atoms with Crippen molar-refractivity contribution in [1.29, 1.82) is 0 Å². The van der Waals surface area contributed by atoms with Gasteiger partial charge in [0.05, 0.1) is 22.1 Å². The molecule has 5 nitrogen and oxygen atoms in total. The second-order valence-electron chi connectivity index (χ2n) is 13.6. The summed E-state index contributed by atoms with van der Waals surface area (Å²) in [5.74, 6) is 1.86. The van der Waals surface area contributed by atoms with Crippen LogP contribution in [0.2, 0.25) is 0 Å². The number of benzene rings is 8. The Labute approximate surface area is 310 Å². The molecule has 3 heterocycles. The van der Waals surface area contributed by atoms with Gasteiger partial charge in [-0.3, -0.25) is 0 Å². The third kappa shape index (κ3) is 4.76. The first-order chi connectivity index (χ1) is 26.8. The molecule has 5 heteroatoms. The highest BCUT2D eigenvalue weighted by Gasteiger charge is 2.23. The van der Waals surface area contributed by atoms with Crippen molar-refractivity contribution in [3.8, 4) is 51.0 Å². The van der Waals surface area contributed by atoms with Crippen molar-refractivity contribution in [3.63, 3.8) is 0 Å². The molecule has 0 spiro atoms. The lowest BCUT2D eigenvalue weighted by atomic mass is 9.96. The molecule has 11 aromatic rings. The molecule has 11 rings (SSSR count). The van der Waals surface area contributed by atoms with Crippen molar-refractivity contribution in [2.75, 3.05) is 0 Å². The topological polar surface area (TPSA) is 56.7 Å². The summed E-state index contributed by atoms with van der Waals surface area (Å²) in [5, 5.41) is 6.82. The number of hydrogen-bond acceptors (Lipinski definition) is 4. The molecule has 0 amide bonds. The molecule has 0 atom stereocenters. The van der Waals surface area contributed by atoms with Gasteiger partial charge in [-0.25, -0.2) is 15.0 Å². The second kappa shape index (κ2) is 12.1. The number of fused-ring (bicyclic) bond motifs is 7. The summed E-state index contributed by atoms with van der Waals surface area (Å²) in [6.07, 6.45) is 0. The standard InChI is InChI=1S/C49H30N4O/c1-3-15-32(16-4-1)47-50-48(33-17-5-2-6-18-33)52-49(51-47)39-23-11-22-38-37-20-9-10-24-40(37)53(46(38)39)41-25-13-27-43-45(41)44-36(21-12-26-42(44)54-43)35-29-28-31-14-7-8-19-34(31)30-35/h1-30H. The summed E-state index contributed by atoms with van der Waals surface area (Å²) in [5.41, 5.74) is 9.87. The highest BCUT2D eigenvalue weighted by molar-refractivity contribution is 6.19. The number of nitrogens with zero attached hydrogens (tertiary/aromatic N) is 4. The van der Waals surface area contributed by atoms with E-state index in [-0.39, 0.29) is 0 Å². The maximum absolute atomic E-state index is 6.66. The Bertz CT molecular complexity index is 3160. The van der Waals surface area contributed by atoms with Crippen molar-refractivity contribution >= 4 is 54.5 Å². The third-order valence-electron chi connectivity index (χ3n) is 10.4. The van der Waals surface area contributed by atoms with Gasteiger partial charge < -0.3 is 8.98 Å². The SMILES string of the molecule is c1ccc(-c2nc(-c3ccccc3)nc(-c3cccc4c5ccccc5n(-c5cccc6oc7cccc(-c8ccc9ccccc9c8)c7c56)c34)n2)cc1. The van der Waals surface area contributed by atoms with E-state index in [1.165, 1.54) is 10.8 Å². The maximum atomic E-state index is 6.66. The Morgan fingerprint density at radius 1 is 0.389 bits per heavy atom. The van der Waals surface area contributed by atoms with Crippen LogP contribution in [0.15, 0.2) is 186 Å². The van der Waals surface area contributed by atoms with Crippen LogP contribution in [0.3, 0.4) is 0 Å². The van der Waals surface area contributed by atoms with Crippen molar-refractivity contribution in [2.45, 2.75) is 0 Å². The van der Waals surface area contributed by atoms with Crippen molar-refractivity contribution in [3.05, 3.63) is 182 Å². The fourth-order valence-electron chi connectivity index (χ4n) is 8.01. The third-order valence-corrected chi connectivity index (χ3v) is 10.4. The molecule has 0 aliphatic carbocycles. The Kier molecular flexibility index (Phi) is 6.79. The molecule has 0 radical (unpaired) electrons. The summed E-state index contributed by atoms with van der Waals surface area (Å²) < 4.78 is 9.04. The summed E-state index contributed by atoms with van der Waals surface area (Å²) in [4.78, 5) is 15.3. The van der Waals surface area contributed by atoms with Gasteiger partial charge in [-0.05, 0) is 58.3 Å². The lowest BCUT2D eigenvalue weighted by Crippen LogP contribution is -2.02. The first-order valence-corrected chi connectivity index (χ1v) is 18.1. The zero-order valence-electron chi connectivity index (χ0n) is 29.0. The van der Waals surface area contributed by atoms with E-state index in [2.05, 4.69) is 126 Å². The van der Waals surface area contributed by atoms with Gasteiger partial charge in [-0.15, -0.1) is 0 Å². The minimum absolute atomic E-state index is 0.610. The van der Waals surface area contributed by atoms with Gasteiger partial charge in [0.25, 0.3) is 0 Å². The average Bonchev–Trinajstić information content (AvgIpc) is 3.80. The first kappa shape index (κ1) is 30.3. The molecule has 0 saturated heterocycles. The van der Waals surface area contributed by atoms with Gasteiger partial charge in [0, 0.05) is 32.8 Å². The van der Waals surface area contributed by atoms with Gasteiger partial charge in [0.1, 0.15) is 11.2 Å². The predicted octanol–water partition coefficient (Wildman–Crippen LogP) is 12.7. The van der Waals surface area contributed by atoms with Gasteiger partial charge in [-0.2, -0.15) is 0 Å². The number of aromatic nitrogens is 4. The van der Waals surface area contributed by atoms with Gasteiger partial charge in [-0.1, -0.05) is 146 Å². The summed E-state index contributed by atoms with van der Waals surface area (Å²) in [6.45, 7) is 0. The lowest BCUT2D eigenvalue weighted by molar-refractivity contribution is 0.669. The molecule has 0 aliphatic heterocycles. The largest absolute Gasteiger partial charge is 0.456 e. The molecule has 54 heavy (non-hydrogen) atoms. The van der Waals surface area contributed by atoms with Crippen molar-refractivity contribution in [1.82, 2.24) is 19.5 Å². The fraction of sp³-hybridized carbons (Fsp3) is 0. The molecular formula is C49H30N4O. The molecule has 0 aliphatic rings. The molecular weight excluding hydrogens is 661 g/mol. The quantitative estimate of drug-likeness (QED) is 0.180. The van der Waals surface area contributed by atoms with E-state index in [4.69, 9.17) is 19.4 Å². The van der Waals surface area contributed by atoms with Gasteiger partial charge in [0.2, 0.25) is 0 Å². The van der Waals surface area contributed by atoms with Crippen LogP contribution in [0.4, 0.5) is 0 Å². The normalized spacial score (nSPS) is 11.7. The smallest absolute Gasteiger partial charge is 0.166 e. The zero-order chi connectivity index (χ0) is 35.6. The van der Waals surface area contributed by atoms with Gasteiger partial charge in [0.15, 0.2) is 17.5 Å². The van der Waals surface area contributed by atoms with E-state index >= 15 is 0 Å². The second-order valence-corrected chi connectivity index (χ2v) is 13.6. The van der Waals surface area contributed by atoms with Crippen LogP contribution in [-0.4, -0.2) is 19.5 Å². The van der Waals surface area contributed by atoms with Crippen LogP contribution in [0.1, 0.15) is 0 Å². The van der Waals surface area contributed by atoms with Crippen LogP contribution in [0.25, 0.3) is 105 Å². The summed E-state index contributed by atoms with van der Waals surface area (Å²) >= 11 is 0. The van der Waals surface area contributed by atoms with Crippen LogP contribution in [-0.2, 0) is 0 Å². The molecule has 0 N–H and O–H groups in total. The zero-order valence-corrected chi connectivity index (χ0v) is 29.0. The molecule has 0 fully saturated rings. The Balaban J connectivity index is 1.23. The molecule has 0 unspecified atom stereocenters. The average molecular weight is 691 g/mol. The number of furan rings is 1. The number of para-hydroxylation sites is 2. The van der Waals surface area contributed by atoms with Crippen molar-refractivity contribution in [2.24, 2.45) is 0 Å². The molecule has 0 saturated carbocycles. The Morgan fingerprint density at radius 3 is 1.76 bits per heavy atom. The van der Waals surface area contributed by atoms with E-state index in [0.29, 0.717) is 17.5 Å². The number of hydrogen-bond donors (Lipinski definition) is 0. The van der Waals surface area contributed by atoms with Crippen LogP contribution < -0.4 is 0 Å². The fourth-order valence-corrected chi connectivity index (χ4v) is 8.01. The van der Waals surface area contributed by atoms with E-state index in [1.807, 2.05) is 60.7 Å². The molecule has 3 aromatic heterocycles. The molecule has 8 aromatic carbocycles. The van der Waals surface area contributed by atoms with E-state index in [0.717, 1.165) is 77.2 Å². The highest BCUT2D eigenvalue weighted by Crippen LogP contribution is 2.44. The Morgan fingerprint density at radius 2 is 0.981 bits per heavy atom. The summed E-state index contributed by atoms with van der Waals surface area (Å²) in [7, 11) is 0. The minimum atomic E-state index is 0.610. The van der Waals surface area contributed by atoms with Crippen LogP contribution in [0, 0.1) is 0 Å². The highest BCUT2D eigenvalue weighted by atomic mass is 16.3. The Hall–Kier alpha value is -7.37. The first-order valence-electron chi connectivity index (χ1n) is 18.1.